The highest BCUT2D eigenvalue weighted by Crippen LogP contribution is 2.24. The number of carboxylic acid groups (broad SMARTS) is 1. The maximum atomic E-state index is 11.5. The molecule has 1 aromatic carbocycles. The number of carbonyl (C=O) groups is 2. The zero-order valence-corrected chi connectivity index (χ0v) is 10.2. The molecule has 1 aromatic rings. The van der Waals surface area contributed by atoms with Crippen molar-refractivity contribution < 1.29 is 14.7 Å². The predicted octanol–water partition coefficient (Wildman–Crippen LogP) is 2.24. The Bertz CT molecular complexity index is 428. The van der Waals surface area contributed by atoms with E-state index in [1.165, 1.54) is 6.92 Å². The zero-order chi connectivity index (χ0) is 13.0. The van der Waals surface area contributed by atoms with Crippen molar-refractivity contribution in [2.45, 2.75) is 19.9 Å². The number of hydrogen-bond acceptors (Lipinski definition) is 2. The molecule has 0 aliphatic carbocycles. The van der Waals surface area contributed by atoms with Crippen LogP contribution in [-0.4, -0.2) is 23.1 Å². The monoisotopic (exact) mass is 256 g/mol. The number of carbonyl (C=O) groups excluding carboxylic acids is 1. The molecule has 92 valence electrons. The number of para-hydroxylation sites is 1. The van der Waals surface area contributed by atoms with Crippen molar-refractivity contribution in [3.63, 3.8) is 0 Å². The molecule has 0 aliphatic heterocycles. The number of amides is 2. The molecule has 0 aliphatic rings. The summed E-state index contributed by atoms with van der Waals surface area (Å²) in [4.78, 5) is 22.0. The number of aliphatic carboxylic acids is 1. The number of urea groups is 1. The summed E-state index contributed by atoms with van der Waals surface area (Å²) in [5, 5.41) is 13.8. The second-order valence-electron chi connectivity index (χ2n) is 3.59. The Balaban J connectivity index is 2.72. The van der Waals surface area contributed by atoms with E-state index < -0.39 is 18.0 Å². The molecule has 5 nitrogen and oxygen atoms in total. The van der Waals surface area contributed by atoms with Gasteiger partial charge in [0.25, 0.3) is 0 Å². The molecule has 0 radical (unpaired) electrons. The van der Waals surface area contributed by atoms with Gasteiger partial charge >= 0.3 is 12.0 Å². The van der Waals surface area contributed by atoms with Gasteiger partial charge in [0.05, 0.1) is 10.7 Å². The molecule has 0 heterocycles. The molecule has 0 aromatic heterocycles. The zero-order valence-electron chi connectivity index (χ0n) is 9.45. The number of carboxylic acids is 1. The molecule has 0 saturated carbocycles. The molecule has 2 amide bonds. The molecule has 3 N–H and O–H groups in total. The fourth-order valence-electron chi connectivity index (χ4n) is 1.20. The molecule has 17 heavy (non-hydrogen) atoms. The SMILES string of the molecule is Cc1cccc(Cl)c1NC(=O)NC(C)C(=O)O. The predicted molar refractivity (Wildman–Crippen MR) is 65.4 cm³/mol. The van der Waals surface area contributed by atoms with E-state index in [2.05, 4.69) is 10.6 Å². The first-order valence-electron chi connectivity index (χ1n) is 4.97. The van der Waals surface area contributed by atoms with Crippen LogP contribution in [0, 0.1) is 6.92 Å². The molecule has 1 rings (SSSR count). The summed E-state index contributed by atoms with van der Waals surface area (Å²) < 4.78 is 0. The summed E-state index contributed by atoms with van der Waals surface area (Å²) in [6.45, 7) is 3.17. The van der Waals surface area contributed by atoms with Crippen LogP contribution in [0.15, 0.2) is 18.2 Å². The highest BCUT2D eigenvalue weighted by atomic mass is 35.5. The lowest BCUT2D eigenvalue weighted by Gasteiger charge is -2.13. The van der Waals surface area contributed by atoms with Crippen LogP contribution in [0.25, 0.3) is 0 Å². The van der Waals surface area contributed by atoms with Crippen LogP contribution < -0.4 is 10.6 Å². The summed E-state index contributed by atoms with van der Waals surface area (Å²) in [5.74, 6) is -1.10. The number of aryl methyl sites for hydroxylation is 1. The molecular formula is C11H13ClN2O3. The van der Waals surface area contributed by atoms with Crippen LogP contribution in [-0.2, 0) is 4.79 Å². The van der Waals surface area contributed by atoms with Gasteiger partial charge in [-0.15, -0.1) is 0 Å². The van der Waals surface area contributed by atoms with Crippen molar-refractivity contribution in [2.75, 3.05) is 5.32 Å². The molecular weight excluding hydrogens is 244 g/mol. The van der Waals surface area contributed by atoms with Crippen LogP contribution in [0.1, 0.15) is 12.5 Å². The van der Waals surface area contributed by atoms with Gasteiger partial charge in [0.15, 0.2) is 0 Å². The van der Waals surface area contributed by atoms with Crippen molar-refractivity contribution in [3.8, 4) is 0 Å². The maximum Gasteiger partial charge on any atom is 0.325 e. The van der Waals surface area contributed by atoms with E-state index in [0.717, 1.165) is 5.56 Å². The molecule has 0 fully saturated rings. The quantitative estimate of drug-likeness (QED) is 0.776. The lowest BCUT2D eigenvalue weighted by Crippen LogP contribution is -2.41. The van der Waals surface area contributed by atoms with Crippen LogP contribution in [0.2, 0.25) is 5.02 Å². The summed E-state index contributed by atoms with van der Waals surface area (Å²) in [7, 11) is 0. The highest BCUT2D eigenvalue weighted by Gasteiger charge is 2.15. The van der Waals surface area contributed by atoms with Crippen molar-refractivity contribution in [2.24, 2.45) is 0 Å². The van der Waals surface area contributed by atoms with E-state index >= 15 is 0 Å². The van der Waals surface area contributed by atoms with Gasteiger partial charge in [0.1, 0.15) is 6.04 Å². The Morgan fingerprint density at radius 2 is 2.06 bits per heavy atom. The van der Waals surface area contributed by atoms with Gasteiger partial charge < -0.3 is 15.7 Å². The van der Waals surface area contributed by atoms with Crippen molar-refractivity contribution in [3.05, 3.63) is 28.8 Å². The van der Waals surface area contributed by atoms with E-state index in [9.17, 15) is 9.59 Å². The van der Waals surface area contributed by atoms with E-state index in [1.54, 1.807) is 25.1 Å². The summed E-state index contributed by atoms with van der Waals surface area (Å²) >= 11 is 5.91. The Kier molecular flexibility index (Phi) is 4.34. The van der Waals surface area contributed by atoms with E-state index in [-0.39, 0.29) is 0 Å². The van der Waals surface area contributed by atoms with Gasteiger partial charge in [-0.05, 0) is 25.5 Å². The lowest BCUT2D eigenvalue weighted by atomic mass is 10.2. The number of rotatable bonds is 3. The van der Waals surface area contributed by atoms with Crippen LogP contribution >= 0.6 is 11.6 Å². The largest absolute Gasteiger partial charge is 0.480 e. The normalized spacial score (nSPS) is 11.7. The minimum Gasteiger partial charge on any atom is -0.480 e. The maximum absolute atomic E-state index is 11.5. The summed E-state index contributed by atoms with van der Waals surface area (Å²) in [6, 6.07) is 3.64. The highest BCUT2D eigenvalue weighted by molar-refractivity contribution is 6.33. The summed E-state index contributed by atoms with van der Waals surface area (Å²) in [6.07, 6.45) is 0. The van der Waals surface area contributed by atoms with Gasteiger partial charge in [-0.2, -0.15) is 0 Å². The third-order valence-corrected chi connectivity index (χ3v) is 2.49. The Hall–Kier alpha value is -1.75. The van der Waals surface area contributed by atoms with Gasteiger partial charge in [-0.1, -0.05) is 23.7 Å². The fraction of sp³-hybridized carbons (Fsp3) is 0.273. The van der Waals surface area contributed by atoms with Crippen molar-refractivity contribution in [1.82, 2.24) is 5.32 Å². The molecule has 1 unspecified atom stereocenters. The van der Waals surface area contributed by atoms with Crippen molar-refractivity contribution in [1.29, 1.82) is 0 Å². The second kappa shape index (κ2) is 5.54. The number of anilines is 1. The molecule has 6 heteroatoms. The molecule has 0 bridgehead atoms. The van der Waals surface area contributed by atoms with Gasteiger partial charge in [-0.25, -0.2) is 4.79 Å². The summed E-state index contributed by atoms with van der Waals surface area (Å²) in [5.41, 5.74) is 1.28. The van der Waals surface area contributed by atoms with Gasteiger partial charge in [0, 0.05) is 0 Å². The van der Waals surface area contributed by atoms with E-state index in [1.807, 2.05) is 0 Å². The van der Waals surface area contributed by atoms with E-state index in [0.29, 0.717) is 10.7 Å². The van der Waals surface area contributed by atoms with Crippen LogP contribution in [0.4, 0.5) is 10.5 Å². The Morgan fingerprint density at radius 1 is 1.41 bits per heavy atom. The average Bonchev–Trinajstić information content (AvgIpc) is 2.23. The fourth-order valence-corrected chi connectivity index (χ4v) is 1.47. The standard InChI is InChI=1S/C11H13ClN2O3/c1-6-4-3-5-8(12)9(6)14-11(17)13-7(2)10(15)16/h3-5,7H,1-2H3,(H,15,16)(H2,13,14,17). The van der Waals surface area contributed by atoms with Crippen molar-refractivity contribution >= 4 is 29.3 Å². The first-order valence-corrected chi connectivity index (χ1v) is 5.35. The topological polar surface area (TPSA) is 78.4 Å². The van der Waals surface area contributed by atoms with Crippen LogP contribution in [0.3, 0.4) is 0 Å². The van der Waals surface area contributed by atoms with Gasteiger partial charge in [0.2, 0.25) is 0 Å². The average molecular weight is 257 g/mol. The number of benzene rings is 1. The third-order valence-electron chi connectivity index (χ3n) is 2.18. The molecule has 0 spiro atoms. The molecule has 1 atom stereocenters. The van der Waals surface area contributed by atoms with Gasteiger partial charge in [-0.3, -0.25) is 4.79 Å². The first-order chi connectivity index (χ1) is 7.91. The lowest BCUT2D eigenvalue weighted by molar-refractivity contribution is -0.138. The smallest absolute Gasteiger partial charge is 0.325 e. The number of halogens is 1. The van der Waals surface area contributed by atoms with E-state index in [4.69, 9.17) is 16.7 Å². The first kappa shape index (κ1) is 13.3. The minimum absolute atomic E-state index is 0.406. The second-order valence-corrected chi connectivity index (χ2v) is 4.00. The Labute approximate surface area is 104 Å². The Morgan fingerprint density at radius 3 is 2.59 bits per heavy atom. The minimum atomic E-state index is -1.10. The number of hydrogen-bond donors (Lipinski definition) is 3. The molecule has 0 saturated heterocycles. The van der Waals surface area contributed by atoms with Crippen LogP contribution in [0.5, 0.6) is 0 Å². The third kappa shape index (κ3) is 3.64. The number of nitrogens with one attached hydrogen (secondary N) is 2.